The third kappa shape index (κ3) is 3.73. The molecular weight excluding hydrogens is 256 g/mol. The Labute approximate surface area is 120 Å². The van der Waals surface area contributed by atoms with Gasteiger partial charge in [-0.3, -0.25) is 9.59 Å². The van der Waals surface area contributed by atoms with Crippen molar-refractivity contribution in [1.29, 1.82) is 0 Å². The van der Waals surface area contributed by atoms with Crippen molar-refractivity contribution in [3.63, 3.8) is 0 Å². The zero-order valence-electron chi connectivity index (χ0n) is 12.4. The number of rotatable bonds is 6. The standard InChI is InChI=1S/C16H24O4/c1-4-10-16(11-8-7-9-12-16)13(14(17)19-5-2)15(18)20-6-3/h10,13H,1,5-9,11-12H2,2-3H3. The second kappa shape index (κ2) is 7.91. The molecule has 4 nitrogen and oxygen atoms in total. The highest BCUT2D eigenvalue weighted by molar-refractivity contribution is 5.96. The summed E-state index contributed by atoms with van der Waals surface area (Å²) in [4.78, 5) is 24.5. The average Bonchev–Trinajstić information content (AvgIpc) is 2.40. The van der Waals surface area contributed by atoms with Gasteiger partial charge in [-0.25, -0.2) is 0 Å². The summed E-state index contributed by atoms with van der Waals surface area (Å²) in [5.41, 5.74) is 2.21. The molecule has 20 heavy (non-hydrogen) atoms. The molecule has 112 valence electrons. The highest BCUT2D eigenvalue weighted by Gasteiger charge is 2.48. The Morgan fingerprint density at radius 1 is 1.15 bits per heavy atom. The molecule has 1 aliphatic carbocycles. The summed E-state index contributed by atoms with van der Waals surface area (Å²) in [7, 11) is 0. The van der Waals surface area contributed by atoms with Crippen LogP contribution in [0.2, 0.25) is 0 Å². The second-order valence-electron chi connectivity index (χ2n) is 5.08. The van der Waals surface area contributed by atoms with Crippen molar-refractivity contribution >= 4 is 11.9 Å². The maximum absolute atomic E-state index is 12.2. The fraction of sp³-hybridized carbons (Fsp3) is 0.688. The van der Waals surface area contributed by atoms with E-state index < -0.39 is 23.3 Å². The molecule has 0 N–H and O–H groups in total. The minimum atomic E-state index is -0.906. The number of allylic oxidation sites excluding steroid dienone is 1. The van der Waals surface area contributed by atoms with Crippen LogP contribution in [-0.4, -0.2) is 25.2 Å². The molecule has 0 aromatic heterocycles. The van der Waals surface area contributed by atoms with E-state index in [0.717, 1.165) is 32.1 Å². The van der Waals surface area contributed by atoms with Crippen molar-refractivity contribution in [1.82, 2.24) is 0 Å². The van der Waals surface area contributed by atoms with E-state index in [1.54, 1.807) is 19.9 Å². The van der Waals surface area contributed by atoms with Gasteiger partial charge in [-0.1, -0.05) is 25.8 Å². The molecule has 0 amide bonds. The van der Waals surface area contributed by atoms with Crippen LogP contribution >= 0.6 is 0 Å². The fourth-order valence-corrected chi connectivity index (χ4v) is 2.95. The van der Waals surface area contributed by atoms with Gasteiger partial charge in [0, 0.05) is 5.41 Å². The van der Waals surface area contributed by atoms with Gasteiger partial charge in [-0.05, 0) is 32.8 Å². The van der Waals surface area contributed by atoms with Gasteiger partial charge in [0.1, 0.15) is 0 Å². The van der Waals surface area contributed by atoms with Crippen molar-refractivity contribution in [2.24, 2.45) is 11.3 Å². The van der Waals surface area contributed by atoms with E-state index in [9.17, 15) is 9.59 Å². The number of esters is 2. The summed E-state index contributed by atoms with van der Waals surface area (Å²) in [6, 6.07) is 0. The van der Waals surface area contributed by atoms with Crippen LogP contribution in [-0.2, 0) is 19.1 Å². The molecule has 0 atom stereocenters. The van der Waals surface area contributed by atoms with Gasteiger partial charge in [0.05, 0.1) is 13.2 Å². The summed E-state index contributed by atoms with van der Waals surface area (Å²) in [5, 5.41) is 0. The van der Waals surface area contributed by atoms with E-state index in [4.69, 9.17) is 9.47 Å². The monoisotopic (exact) mass is 280 g/mol. The van der Waals surface area contributed by atoms with Crippen LogP contribution in [0.3, 0.4) is 0 Å². The zero-order chi connectivity index (χ0) is 15.0. The zero-order valence-corrected chi connectivity index (χ0v) is 12.4. The number of hydrogen-bond acceptors (Lipinski definition) is 4. The predicted molar refractivity (Wildman–Crippen MR) is 76.0 cm³/mol. The minimum Gasteiger partial charge on any atom is -0.465 e. The van der Waals surface area contributed by atoms with Crippen LogP contribution in [0.5, 0.6) is 0 Å². The lowest BCUT2D eigenvalue weighted by molar-refractivity contribution is -0.168. The van der Waals surface area contributed by atoms with Gasteiger partial charge in [0.15, 0.2) is 5.92 Å². The van der Waals surface area contributed by atoms with Crippen LogP contribution in [0.15, 0.2) is 18.4 Å². The Balaban J connectivity index is 3.12. The first-order valence-corrected chi connectivity index (χ1v) is 7.31. The first kappa shape index (κ1) is 16.5. The van der Waals surface area contributed by atoms with Gasteiger partial charge in [0.25, 0.3) is 0 Å². The van der Waals surface area contributed by atoms with Gasteiger partial charge in [0.2, 0.25) is 0 Å². The number of carbonyl (C=O) groups excluding carboxylic acids is 2. The second-order valence-corrected chi connectivity index (χ2v) is 5.08. The third-order valence-electron chi connectivity index (χ3n) is 3.79. The lowest BCUT2D eigenvalue weighted by atomic mass is 9.65. The normalized spacial score (nSPS) is 17.1. The van der Waals surface area contributed by atoms with Crippen LogP contribution in [0.4, 0.5) is 0 Å². The van der Waals surface area contributed by atoms with Crippen LogP contribution in [0, 0.1) is 11.3 Å². The van der Waals surface area contributed by atoms with Crippen molar-refractivity contribution in [2.45, 2.75) is 46.0 Å². The minimum absolute atomic E-state index is 0.253. The maximum Gasteiger partial charge on any atom is 0.321 e. The number of hydrogen-bond donors (Lipinski definition) is 0. The van der Waals surface area contributed by atoms with Crippen molar-refractivity contribution in [3.8, 4) is 0 Å². The average molecular weight is 280 g/mol. The molecule has 0 aromatic carbocycles. The highest BCUT2D eigenvalue weighted by Crippen LogP contribution is 2.45. The molecule has 0 unspecified atom stereocenters. The van der Waals surface area contributed by atoms with E-state index in [0.29, 0.717) is 0 Å². The van der Waals surface area contributed by atoms with Crippen LogP contribution in [0.25, 0.3) is 0 Å². The van der Waals surface area contributed by atoms with E-state index in [1.165, 1.54) is 0 Å². The van der Waals surface area contributed by atoms with Gasteiger partial charge in [-0.2, -0.15) is 0 Å². The summed E-state index contributed by atoms with van der Waals surface area (Å²) in [5.74, 6) is -1.91. The molecular formula is C16H24O4. The molecule has 1 saturated carbocycles. The Bertz CT molecular complexity index is 369. The molecule has 0 heterocycles. The molecule has 0 spiro atoms. The molecule has 1 rings (SSSR count). The van der Waals surface area contributed by atoms with Crippen molar-refractivity contribution < 1.29 is 19.1 Å². The summed E-state index contributed by atoms with van der Waals surface area (Å²) < 4.78 is 10.2. The Hall–Kier alpha value is -1.54. The largest absolute Gasteiger partial charge is 0.465 e. The lowest BCUT2D eigenvalue weighted by Gasteiger charge is -2.38. The molecule has 0 aromatic rings. The molecule has 1 aliphatic rings. The summed E-state index contributed by atoms with van der Waals surface area (Å²) in [6.45, 7) is 7.58. The van der Waals surface area contributed by atoms with E-state index in [1.807, 2.05) is 0 Å². The topological polar surface area (TPSA) is 52.6 Å². The van der Waals surface area contributed by atoms with Crippen LogP contribution < -0.4 is 0 Å². The number of carbonyl (C=O) groups is 2. The number of ether oxygens (including phenoxy) is 2. The predicted octanol–water partition coefficient (Wildman–Crippen LogP) is 3.02. The summed E-state index contributed by atoms with van der Waals surface area (Å²) in [6.07, 6.45) is 6.37. The lowest BCUT2D eigenvalue weighted by Crippen LogP contribution is -2.43. The smallest absolute Gasteiger partial charge is 0.321 e. The molecule has 0 aliphatic heterocycles. The van der Waals surface area contributed by atoms with E-state index in [2.05, 4.69) is 12.3 Å². The quantitative estimate of drug-likeness (QED) is 0.426. The molecule has 0 saturated heterocycles. The molecule has 1 fully saturated rings. The van der Waals surface area contributed by atoms with Gasteiger partial charge in [-0.15, -0.1) is 5.73 Å². The van der Waals surface area contributed by atoms with Crippen molar-refractivity contribution in [2.75, 3.05) is 13.2 Å². The first-order chi connectivity index (χ1) is 9.61. The summed E-state index contributed by atoms with van der Waals surface area (Å²) >= 11 is 0. The SMILES string of the molecule is C=C=CC1(C(C(=O)OCC)C(=O)OCC)CCCCC1. The molecule has 0 radical (unpaired) electrons. The van der Waals surface area contributed by atoms with E-state index >= 15 is 0 Å². The maximum atomic E-state index is 12.2. The first-order valence-electron chi connectivity index (χ1n) is 7.31. The highest BCUT2D eigenvalue weighted by atomic mass is 16.6. The molecule has 4 heteroatoms. The van der Waals surface area contributed by atoms with E-state index in [-0.39, 0.29) is 13.2 Å². The van der Waals surface area contributed by atoms with Crippen molar-refractivity contribution in [3.05, 3.63) is 18.4 Å². The molecule has 0 bridgehead atoms. The Morgan fingerprint density at radius 3 is 2.05 bits per heavy atom. The van der Waals surface area contributed by atoms with Gasteiger partial charge >= 0.3 is 11.9 Å². The Kier molecular flexibility index (Phi) is 6.53. The van der Waals surface area contributed by atoms with Crippen LogP contribution in [0.1, 0.15) is 46.0 Å². The third-order valence-corrected chi connectivity index (χ3v) is 3.79. The fourth-order valence-electron chi connectivity index (χ4n) is 2.95. The van der Waals surface area contributed by atoms with Gasteiger partial charge < -0.3 is 9.47 Å². The Morgan fingerprint density at radius 2 is 1.65 bits per heavy atom.